The standard InChI is InChI=1S/C17H24O3/c1-3-5-6-10-13-15(20-16(18)4-2)17(19)14-11-8-7-9-12-14/h7-9,11-12,15H,3-6,10,13H2,1-2H3. The third-order valence-electron chi connectivity index (χ3n) is 3.23. The van der Waals surface area contributed by atoms with Gasteiger partial charge in [-0.1, -0.05) is 63.4 Å². The van der Waals surface area contributed by atoms with Crippen molar-refractivity contribution in [3.8, 4) is 0 Å². The summed E-state index contributed by atoms with van der Waals surface area (Å²) in [5, 5.41) is 0. The molecule has 1 aromatic carbocycles. The topological polar surface area (TPSA) is 43.4 Å². The molecule has 0 bridgehead atoms. The van der Waals surface area contributed by atoms with Gasteiger partial charge in [0.15, 0.2) is 6.10 Å². The number of ketones is 1. The first kappa shape index (κ1) is 16.4. The molecule has 0 radical (unpaired) electrons. The van der Waals surface area contributed by atoms with Crippen LogP contribution in [0.5, 0.6) is 0 Å². The van der Waals surface area contributed by atoms with Gasteiger partial charge in [-0.25, -0.2) is 0 Å². The van der Waals surface area contributed by atoms with E-state index in [4.69, 9.17) is 4.74 Å². The first-order chi connectivity index (χ1) is 9.69. The van der Waals surface area contributed by atoms with Gasteiger partial charge < -0.3 is 4.74 Å². The predicted octanol–water partition coefficient (Wildman–Crippen LogP) is 4.16. The van der Waals surface area contributed by atoms with Gasteiger partial charge in [-0.15, -0.1) is 0 Å². The number of benzene rings is 1. The third-order valence-corrected chi connectivity index (χ3v) is 3.23. The van der Waals surface area contributed by atoms with Crippen molar-refractivity contribution < 1.29 is 14.3 Å². The van der Waals surface area contributed by atoms with E-state index in [2.05, 4.69) is 6.92 Å². The van der Waals surface area contributed by atoms with E-state index in [-0.39, 0.29) is 11.8 Å². The molecule has 1 aromatic rings. The van der Waals surface area contributed by atoms with E-state index >= 15 is 0 Å². The Bertz CT molecular complexity index is 412. The lowest BCUT2D eigenvalue weighted by molar-refractivity contribution is -0.146. The highest BCUT2D eigenvalue weighted by atomic mass is 16.5. The quantitative estimate of drug-likeness (QED) is 0.386. The van der Waals surface area contributed by atoms with Gasteiger partial charge in [0.2, 0.25) is 5.78 Å². The average Bonchev–Trinajstić information content (AvgIpc) is 2.50. The van der Waals surface area contributed by atoms with Gasteiger partial charge in [-0.05, 0) is 12.8 Å². The van der Waals surface area contributed by atoms with Crippen LogP contribution in [0.15, 0.2) is 30.3 Å². The van der Waals surface area contributed by atoms with E-state index in [1.807, 2.05) is 18.2 Å². The number of Topliss-reactive ketones (excluding diaryl/α,β-unsaturated/α-hetero) is 1. The Hall–Kier alpha value is -1.64. The summed E-state index contributed by atoms with van der Waals surface area (Å²) in [5.74, 6) is -0.404. The number of rotatable bonds is 9. The zero-order valence-electron chi connectivity index (χ0n) is 12.4. The minimum atomic E-state index is -0.637. The Morgan fingerprint density at radius 2 is 1.75 bits per heavy atom. The van der Waals surface area contributed by atoms with Crippen LogP contribution < -0.4 is 0 Å². The zero-order chi connectivity index (χ0) is 14.8. The van der Waals surface area contributed by atoms with Crippen molar-refractivity contribution in [1.82, 2.24) is 0 Å². The first-order valence-electron chi connectivity index (χ1n) is 7.47. The first-order valence-corrected chi connectivity index (χ1v) is 7.47. The van der Waals surface area contributed by atoms with Crippen molar-refractivity contribution >= 4 is 11.8 Å². The van der Waals surface area contributed by atoms with Gasteiger partial charge in [-0.2, -0.15) is 0 Å². The molecule has 0 fully saturated rings. The fraction of sp³-hybridized carbons (Fsp3) is 0.529. The molecule has 1 atom stereocenters. The molecular formula is C17H24O3. The van der Waals surface area contributed by atoms with Crippen LogP contribution in [-0.2, 0) is 9.53 Å². The highest BCUT2D eigenvalue weighted by molar-refractivity contribution is 6.00. The van der Waals surface area contributed by atoms with Gasteiger partial charge in [-0.3, -0.25) is 9.59 Å². The second kappa shape index (κ2) is 9.29. The number of unbranched alkanes of at least 4 members (excludes halogenated alkanes) is 3. The molecule has 20 heavy (non-hydrogen) atoms. The average molecular weight is 276 g/mol. The summed E-state index contributed by atoms with van der Waals surface area (Å²) in [6.07, 6.45) is 4.54. The Morgan fingerprint density at radius 1 is 1.05 bits per heavy atom. The Balaban J connectivity index is 2.65. The molecule has 3 heteroatoms. The van der Waals surface area contributed by atoms with Crippen molar-refractivity contribution in [2.24, 2.45) is 0 Å². The molecule has 3 nitrogen and oxygen atoms in total. The number of ether oxygens (including phenoxy) is 1. The molecule has 0 saturated carbocycles. The van der Waals surface area contributed by atoms with Crippen LogP contribution in [0.3, 0.4) is 0 Å². The van der Waals surface area contributed by atoms with Gasteiger partial charge in [0.1, 0.15) is 0 Å². The number of hydrogen-bond donors (Lipinski definition) is 0. The molecule has 0 heterocycles. The molecule has 0 saturated heterocycles. The van der Waals surface area contributed by atoms with Crippen LogP contribution >= 0.6 is 0 Å². The van der Waals surface area contributed by atoms with Gasteiger partial charge in [0, 0.05) is 12.0 Å². The number of esters is 1. The van der Waals surface area contributed by atoms with Gasteiger partial charge in [0.05, 0.1) is 0 Å². The smallest absolute Gasteiger partial charge is 0.306 e. The van der Waals surface area contributed by atoms with Crippen molar-refractivity contribution in [3.05, 3.63) is 35.9 Å². The van der Waals surface area contributed by atoms with Gasteiger partial charge in [0.25, 0.3) is 0 Å². The molecule has 0 aliphatic heterocycles. The van der Waals surface area contributed by atoms with Crippen LogP contribution in [0, 0.1) is 0 Å². The molecule has 1 rings (SSSR count). The van der Waals surface area contributed by atoms with Crippen molar-refractivity contribution in [3.63, 3.8) is 0 Å². The molecule has 0 spiro atoms. The van der Waals surface area contributed by atoms with E-state index in [0.29, 0.717) is 18.4 Å². The maximum Gasteiger partial charge on any atom is 0.306 e. The summed E-state index contributed by atoms with van der Waals surface area (Å²) < 4.78 is 5.31. The second-order valence-electron chi connectivity index (χ2n) is 4.91. The number of carbonyl (C=O) groups excluding carboxylic acids is 2. The zero-order valence-corrected chi connectivity index (χ0v) is 12.4. The van der Waals surface area contributed by atoms with E-state index in [0.717, 1.165) is 25.7 Å². The number of carbonyl (C=O) groups is 2. The van der Waals surface area contributed by atoms with Crippen molar-refractivity contribution in [1.29, 1.82) is 0 Å². The lowest BCUT2D eigenvalue weighted by atomic mass is 10.0. The van der Waals surface area contributed by atoms with E-state index in [1.165, 1.54) is 0 Å². The van der Waals surface area contributed by atoms with Crippen LogP contribution in [0.1, 0.15) is 62.7 Å². The Labute approximate surface area is 121 Å². The summed E-state index contributed by atoms with van der Waals surface area (Å²) in [7, 11) is 0. The lowest BCUT2D eigenvalue weighted by Gasteiger charge is -2.16. The SMILES string of the molecule is CCCCCCC(OC(=O)CC)C(=O)c1ccccc1. The Morgan fingerprint density at radius 3 is 2.35 bits per heavy atom. The van der Waals surface area contributed by atoms with Crippen LogP contribution in [-0.4, -0.2) is 17.9 Å². The summed E-state index contributed by atoms with van der Waals surface area (Å²) in [5.41, 5.74) is 0.608. The van der Waals surface area contributed by atoms with E-state index < -0.39 is 6.10 Å². The van der Waals surface area contributed by atoms with E-state index in [9.17, 15) is 9.59 Å². The van der Waals surface area contributed by atoms with E-state index in [1.54, 1.807) is 19.1 Å². The largest absolute Gasteiger partial charge is 0.454 e. The van der Waals surface area contributed by atoms with Crippen molar-refractivity contribution in [2.75, 3.05) is 0 Å². The molecular weight excluding hydrogens is 252 g/mol. The van der Waals surface area contributed by atoms with Crippen molar-refractivity contribution in [2.45, 2.75) is 58.5 Å². The van der Waals surface area contributed by atoms with Crippen LogP contribution in [0.25, 0.3) is 0 Å². The molecule has 110 valence electrons. The summed E-state index contributed by atoms with van der Waals surface area (Å²) in [4.78, 5) is 23.9. The minimum Gasteiger partial charge on any atom is -0.454 e. The monoisotopic (exact) mass is 276 g/mol. The molecule has 0 aliphatic carbocycles. The predicted molar refractivity (Wildman–Crippen MR) is 79.7 cm³/mol. The molecule has 0 N–H and O–H groups in total. The molecule has 0 aliphatic rings. The van der Waals surface area contributed by atoms with Gasteiger partial charge >= 0.3 is 5.97 Å². The third kappa shape index (κ3) is 5.55. The molecule has 0 aromatic heterocycles. The number of hydrogen-bond acceptors (Lipinski definition) is 3. The molecule has 1 unspecified atom stereocenters. The highest BCUT2D eigenvalue weighted by Gasteiger charge is 2.23. The normalized spacial score (nSPS) is 11.9. The molecule has 0 amide bonds. The summed E-state index contributed by atoms with van der Waals surface area (Å²) >= 11 is 0. The van der Waals surface area contributed by atoms with Crippen LogP contribution in [0.2, 0.25) is 0 Å². The lowest BCUT2D eigenvalue weighted by Crippen LogP contribution is -2.27. The fourth-order valence-electron chi connectivity index (χ4n) is 2.03. The van der Waals surface area contributed by atoms with Crippen LogP contribution in [0.4, 0.5) is 0 Å². The fourth-order valence-corrected chi connectivity index (χ4v) is 2.03. The maximum absolute atomic E-state index is 12.4. The summed E-state index contributed by atoms with van der Waals surface area (Å²) in [6, 6.07) is 9.04. The maximum atomic E-state index is 12.4. The second-order valence-corrected chi connectivity index (χ2v) is 4.91. The minimum absolute atomic E-state index is 0.0936. The highest BCUT2D eigenvalue weighted by Crippen LogP contribution is 2.14. The summed E-state index contributed by atoms with van der Waals surface area (Å²) in [6.45, 7) is 3.88. The Kier molecular flexibility index (Phi) is 7.63.